The SMILES string of the molecule is C=CCC(C)c1ccccc1C.CS. The molecule has 1 aromatic carbocycles. The lowest BCUT2D eigenvalue weighted by atomic mass is 9.94. The molecular formula is C13H20S. The van der Waals surface area contributed by atoms with Crippen LogP contribution in [0.5, 0.6) is 0 Å². The molecule has 0 aliphatic heterocycles. The average Bonchev–Trinajstić information content (AvgIpc) is 2.22. The Morgan fingerprint density at radius 1 is 1.36 bits per heavy atom. The summed E-state index contributed by atoms with van der Waals surface area (Å²) in [5.74, 6) is 0.601. The Morgan fingerprint density at radius 2 is 1.93 bits per heavy atom. The Hall–Kier alpha value is -0.690. The van der Waals surface area contributed by atoms with Gasteiger partial charge in [0.05, 0.1) is 0 Å². The molecule has 0 N–H and O–H groups in total. The molecule has 0 nitrogen and oxygen atoms in total. The molecule has 0 saturated carbocycles. The first-order valence-corrected chi connectivity index (χ1v) is 5.76. The summed E-state index contributed by atoms with van der Waals surface area (Å²) in [6.07, 6.45) is 4.74. The molecule has 0 aliphatic carbocycles. The number of rotatable bonds is 3. The lowest BCUT2D eigenvalue weighted by Gasteiger charge is -2.11. The normalized spacial score (nSPS) is 11.1. The summed E-state index contributed by atoms with van der Waals surface area (Å²) >= 11 is 3.53. The Balaban J connectivity index is 0.000000791. The fourth-order valence-electron chi connectivity index (χ4n) is 1.52. The van der Waals surface area contributed by atoms with E-state index in [9.17, 15) is 0 Å². The second-order valence-electron chi connectivity index (χ2n) is 3.28. The molecule has 1 unspecified atom stereocenters. The van der Waals surface area contributed by atoms with Crippen LogP contribution >= 0.6 is 12.6 Å². The number of allylic oxidation sites excluding steroid dienone is 1. The van der Waals surface area contributed by atoms with Crippen LogP contribution in [0.3, 0.4) is 0 Å². The van der Waals surface area contributed by atoms with Gasteiger partial charge in [0.25, 0.3) is 0 Å². The van der Waals surface area contributed by atoms with Crippen LogP contribution in [-0.2, 0) is 0 Å². The average molecular weight is 208 g/mol. The highest BCUT2D eigenvalue weighted by atomic mass is 32.1. The molecule has 0 heterocycles. The summed E-state index contributed by atoms with van der Waals surface area (Å²) in [5.41, 5.74) is 2.82. The predicted molar refractivity (Wildman–Crippen MR) is 69.3 cm³/mol. The third kappa shape index (κ3) is 4.01. The van der Waals surface area contributed by atoms with Crippen molar-refractivity contribution in [3.05, 3.63) is 48.0 Å². The zero-order valence-corrected chi connectivity index (χ0v) is 10.2. The molecule has 1 atom stereocenters. The molecule has 0 amide bonds. The molecule has 0 saturated heterocycles. The highest BCUT2D eigenvalue weighted by Crippen LogP contribution is 2.21. The first-order chi connectivity index (χ1) is 6.75. The third-order valence-electron chi connectivity index (χ3n) is 2.24. The Kier molecular flexibility index (Phi) is 7.31. The summed E-state index contributed by atoms with van der Waals surface area (Å²) in [6, 6.07) is 8.54. The number of hydrogen-bond donors (Lipinski definition) is 1. The zero-order chi connectivity index (χ0) is 11.0. The maximum Gasteiger partial charge on any atom is -0.0153 e. The summed E-state index contributed by atoms with van der Waals surface area (Å²) in [7, 11) is 0. The number of benzene rings is 1. The van der Waals surface area contributed by atoms with Gasteiger partial charge in [-0.15, -0.1) is 6.58 Å². The van der Waals surface area contributed by atoms with Crippen molar-refractivity contribution in [1.29, 1.82) is 0 Å². The molecule has 0 radical (unpaired) electrons. The van der Waals surface area contributed by atoms with Crippen molar-refractivity contribution in [2.45, 2.75) is 26.2 Å². The second-order valence-corrected chi connectivity index (χ2v) is 3.28. The summed E-state index contributed by atoms with van der Waals surface area (Å²) in [6.45, 7) is 8.16. The molecule has 1 aromatic rings. The van der Waals surface area contributed by atoms with Gasteiger partial charge >= 0.3 is 0 Å². The molecular weight excluding hydrogens is 188 g/mol. The molecule has 0 aliphatic rings. The number of aryl methyl sites for hydroxylation is 1. The molecule has 0 aromatic heterocycles. The molecule has 0 bridgehead atoms. The van der Waals surface area contributed by atoms with Gasteiger partial charge in [0.15, 0.2) is 0 Å². The van der Waals surface area contributed by atoms with Gasteiger partial charge in [0.2, 0.25) is 0 Å². The van der Waals surface area contributed by atoms with Crippen LogP contribution in [0.25, 0.3) is 0 Å². The van der Waals surface area contributed by atoms with Gasteiger partial charge in [0.1, 0.15) is 0 Å². The van der Waals surface area contributed by atoms with Gasteiger partial charge in [-0.2, -0.15) is 12.6 Å². The first-order valence-electron chi connectivity index (χ1n) is 4.87. The van der Waals surface area contributed by atoms with Crippen LogP contribution in [0.1, 0.15) is 30.4 Å². The molecule has 0 fully saturated rings. The van der Waals surface area contributed by atoms with Gasteiger partial charge in [0, 0.05) is 0 Å². The Bertz CT molecular complexity index is 266. The van der Waals surface area contributed by atoms with E-state index in [4.69, 9.17) is 0 Å². The Labute approximate surface area is 93.5 Å². The highest BCUT2D eigenvalue weighted by molar-refractivity contribution is 7.79. The van der Waals surface area contributed by atoms with E-state index < -0.39 is 0 Å². The molecule has 1 heteroatoms. The third-order valence-corrected chi connectivity index (χ3v) is 2.24. The van der Waals surface area contributed by atoms with Crippen molar-refractivity contribution >= 4 is 12.6 Å². The van der Waals surface area contributed by atoms with Crippen LogP contribution in [0.15, 0.2) is 36.9 Å². The van der Waals surface area contributed by atoms with Crippen molar-refractivity contribution in [3.8, 4) is 0 Å². The van der Waals surface area contributed by atoms with Gasteiger partial charge in [-0.3, -0.25) is 0 Å². The first kappa shape index (κ1) is 13.3. The molecule has 78 valence electrons. The standard InChI is InChI=1S/C12H16.CH4S/c1-4-7-10(2)12-9-6-5-8-11(12)3;1-2/h4-6,8-10H,1,7H2,2-3H3;2H,1H3. The fourth-order valence-corrected chi connectivity index (χ4v) is 1.52. The zero-order valence-electron chi connectivity index (χ0n) is 9.33. The predicted octanol–water partition coefficient (Wildman–Crippen LogP) is 4.22. The smallest absolute Gasteiger partial charge is 0.0153 e. The van der Waals surface area contributed by atoms with E-state index in [1.54, 1.807) is 6.26 Å². The molecule has 0 spiro atoms. The van der Waals surface area contributed by atoms with Gasteiger partial charge in [-0.25, -0.2) is 0 Å². The van der Waals surface area contributed by atoms with Gasteiger partial charge in [-0.05, 0) is 36.6 Å². The van der Waals surface area contributed by atoms with Crippen LogP contribution in [0.2, 0.25) is 0 Å². The summed E-state index contributed by atoms with van der Waals surface area (Å²) < 4.78 is 0. The van der Waals surface area contributed by atoms with E-state index in [1.165, 1.54) is 11.1 Å². The van der Waals surface area contributed by atoms with E-state index in [1.807, 2.05) is 6.08 Å². The minimum Gasteiger partial charge on any atom is -0.183 e. The van der Waals surface area contributed by atoms with Gasteiger partial charge < -0.3 is 0 Å². The fraction of sp³-hybridized carbons (Fsp3) is 0.385. The van der Waals surface area contributed by atoms with E-state index >= 15 is 0 Å². The summed E-state index contributed by atoms with van der Waals surface area (Å²) in [4.78, 5) is 0. The number of thiol groups is 1. The topological polar surface area (TPSA) is 0 Å². The largest absolute Gasteiger partial charge is 0.183 e. The minimum atomic E-state index is 0.601. The Morgan fingerprint density at radius 3 is 2.43 bits per heavy atom. The van der Waals surface area contributed by atoms with Gasteiger partial charge in [-0.1, -0.05) is 37.3 Å². The van der Waals surface area contributed by atoms with E-state index in [0.717, 1.165) is 6.42 Å². The van der Waals surface area contributed by atoms with Crippen LogP contribution in [0.4, 0.5) is 0 Å². The minimum absolute atomic E-state index is 0.601. The van der Waals surface area contributed by atoms with Crippen molar-refractivity contribution in [2.75, 3.05) is 6.26 Å². The van der Waals surface area contributed by atoms with E-state index in [2.05, 4.69) is 57.3 Å². The second kappa shape index (κ2) is 7.69. The maximum atomic E-state index is 3.76. The van der Waals surface area contributed by atoms with Crippen molar-refractivity contribution in [3.63, 3.8) is 0 Å². The summed E-state index contributed by atoms with van der Waals surface area (Å²) in [5, 5.41) is 0. The van der Waals surface area contributed by atoms with Crippen molar-refractivity contribution < 1.29 is 0 Å². The van der Waals surface area contributed by atoms with E-state index in [0.29, 0.717) is 5.92 Å². The van der Waals surface area contributed by atoms with Crippen LogP contribution in [-0.4, -0.2) is 6.26 Å². The van der Waals surface area contributed by atoms with Crippen LogP contribution in [0, 0.1) is 6.92 Å². The van der Waals surface area contributed by atoms with Crippen LogP contribution < -0.4 is 0 Å². The lowest BCUT2D eigenvalue weighted by molar-refractivity contribution is 0.775. The van der Waals surface area contributed by atoms with Crippen molar-refractivity contribution in [1.82, 2.24) is 0 Å². The van der Waals surface area contributed by atoms with E-state index in [-0.39, 0.29) is 0 Å². The maximum absolute atomic E-state index is 3.76. The lowest BCUT2D eigenvalue weighted by Crippen LogP contribution is -1.94. The quantitative estimate of drug-likeness (QED) is 0.558. The highest BCUT2D eigenvalue weighted by Gasteiger charge is 2.04. The number of hydrogen-bond acceptors (Lipinski definition) is 1. The molecule has 1 rings (SSSR count). The van der Waals surface area contributed by atoms with Crippen molar-refractivity contribution in [2.24, 2.45) is 0 Å². The molecule has 14 heavy (non-hydrogen) atoms. The monoisotopic (exact) mass is 208 g/mol.